The summed E-state index contributed by atoms with van der Waals surface area (Å²) in [4.78, 5) is 14.1. The van der Waals surface area contributed by atoms with E-state index in [0.717, 1.165) is 23.1 Å². The van der Waals surface area contributed by atoms with E-state index in [2.05, 4.69) is 11.1 Å². The molecule has 0 aliphatic carbocycles. The van der Waals surface area contributed by atoms with Gasteiger partial charge >= 0.3 is 0 Å². The van der Waals surface area contributed by atoms with Gasteiger partial charge in [-0.25, -0.2) is 0 Å². The summed E-state index contributed by atoms with van der Waals surface area (Å²) in [6.45, 7) is 2.78. The molecule has 1 fully saturated rings. The fourth-order valence-corrected chi connectivity index (χ4v) is 1.92. The highest BCUT2D eigenvalue weighted by atomic mass is 16.6. The molecule has 76 valence electrons. The van der Waals surface area contributed by atoms with Crippen molar-refractivity contribution in [2.75, 3.05) is 6.61 Å². The highest BCUT2D eigenvalue weighted by Crippen LogP contribution is 2.34. The smallest absolute Gasteiger partial charge is 0.248 e. The molecule has 3 nitrogen and oxygen atoms in total. The minimum atomic E-state index is -0.0561. The maximum atomic E-state index is 11.2. The van der Waals surface area contributed by atoms with Crippen LogP contribution in [-0.2, 0) is 4.74 Å². The number of hydrogen-bond donors (Lipinski definition) is 1. The third-order valence-electron chi connectivity index (χ3n) is 2.82. The standard InChI is InChI=1S/C12H11NO2/c1-7-2-3-8(10-6-15-10)9-4-5-11(14)13-12(7)9/h2-5,10H,6H2,1H3,(H,13,14)/t10-/m0/s1. The van der Waals surface area contributed by atoms with Gasteiger partial charge in [0.05, 0.1) is 12.1 Å². The van der Waals surface area contributed by atoms with Crippen molar-refractivity contribution in [2.45, 2.75) is 13.0 Å². The van der Waals surface area contributed by atoms with Crippen LogP contribution in [0.2, 0.25) is 0 Å². The molecule has 15 heavy (non-hydrogen) atoms. The van der Waals surface area contributed by atoms with E-state index in [9.17, 15) is 4.79 Å². The summed E-state index contributed by atoms with van der Waals surface area (Å²) in [5.41, 5.74) is 3.13. The summed E-state index contributed by atoms with van der Waals surface area (Å²) in [6, 6.07) is 7.54. The second kappa shape index (κ2) is 2.94. The normalized spacial score (nSPS) is 19.4. The first-order valence-electron chi connectivity index (χ1n) is 5.00. The number of fused-ring (bicyclic) bond motifs is 1. The molecule has 0 bridgehead atoms. The Morgan fingerprint density at radius 3 is 2.87 bits per heavy atom. The third kappa shape index (κ3) is 1.36. The maximum Gasteiger partial charge on any atom is 0.248 e. The van der Waals surface area contributed by atoms with Gasteiger partial charge in [-0.15, -0.1) is 0 Å². The number of aryl methyl sites for hydroxylation is 1. The lowest BCUT2D eigenvalue weighted by Gasteiger charge is -2.05. The molecule has 1 saturated heterocycles. The van der Waals surface area contributed by atoms with Crippen LogP contribution in [0.15, 0.2) is 29.1 Å². The van der Waals surface area contributed by atoms with E-state index in [1.807, 2.05) is 19.1 Å². The highest BCUT2D eigenvalue weighted by Gasteiger charge is 2.26. The van der Waals surface area contributed by atoms with Gasteiger partial charge in [-0.1, -0.05) is 12.1 Å². The van der Waals surface area contributed by atoms with Gasteiger partial charge in [0.1, 0.15) is 6.10 Å². The molecule has 1 atom stereocenters. The number of aromatic nitrogens is 1. The molecule has 2 heterocycles. The van der Waals surface area contributed by atoms with Gasteiger partial charge in [0.2, 0.25) is 5.56 Å². The van der Waals surface area contributed by atoms with E-state index in [0.29, 0.717) is 0 Å². The van der Waals surface area contributed by atoms with Crippen LogP contribution in [0.25, 0.3) is 10.9 Å². The van der Waals surface area contributed by atoms with Crippen molar-refractivity contribution in [1.82, 2.24) is 4.98 Å². The van der Waals surface area contributed by atoms with Gasteiger partial charge in [-0.2, -0.15) is 0 Å². The molecule has 0 saturated carbocycles. The number of H-pyrrole nitrogens is 1. The Labute approximate surface area is 86.7 Å². The van der Waals surface area contributed by atoms with Crippen LogP contribution in [-0.4, -0.2) is 11.6 Å². The van der Waals surface area contributed by atoms with Crippen molar-refractivity contribution in [2.24, 2.45) is 0 Å². The summed E-state index contributed by atoms with van der Waals surface area (Å²) in [6.07, 6.45) is 0.221. The number of benzene rings is 1. The Bertz CT molecular complexity index is 582. The molecular formula is C12H11NO2. The van der Waals surface area contributed by atoms with Crippen molar-refractivity contribution < 1.29 is 4.74 Å². The van der Waals surface area contributed by atoms with Gasteiger partial charge in [0, 0.05) is 11.5 Å². The number of rotatable bonds is 1. The quantitative estimate of drug-likeness (QED) is 0.716. The summed E-state index contributed by atoms with van der Waals surface area (Å²) < 4.78 is 5.28. The minimum Gasteiger partial charge on any atom is -0.368 e. The first-order chi connectivity index (χ1) is 7.25. The second-order valence-corrected chi connectivity index (χ2v) is 3.90. The number of aromatic amines is 1. The van der Waals surface area contributed by atoms with Crippen LogP contribution < -0.4 is 5.56 Å². The zero-order valence-electron chi connectivity index (χ0n) is 8.41. The summed E-state index contributed by atoms with van der Waals surface area (Å²) >= 11 is 0. The Morgan fingerprint density at radius 1 is 1.33 bits per heavy atom. The van der Waals surface area contributed by atoms with Crippen LogP contribution in [0.5, 0.6) is 0 Å². The lowest BCUT2D eigenvalue weighted by molar-refractivity contribution is 0.417. The average Bonchev–Trinajstić information content (AvgIpc) is 3.03. The van der Waals surface area contributed by atoms with Gasteiger partial charge in [-0.05, 0) is 24.1 Å². The Morgan fingerprint density at radius 2 is 2.13 bits per heavy atom. The van der Waals surface area contributed by atoms with Crippen molar-refractivity contribution in [1.29, 1.82) is 0 Å². The van der Waals surface area contributed by atoms with Crippen molar-refractivity contribution in [3.05, 3.63) is 45.7 Å². The molecule has 0 amide bonds. The summed E-state index contributed by atoms with van der Waals surface area (Å²) in [5.74, 6) is 0. The first kappa shape index (κ1) is 8.68. The zero-order chi connectivity index (χ0) is 10.4. The minimum absolute atomic E-state index is 0.0561. The molecule has 1 aliphatic rings. The van der Waals surface area contributed by atoms with Crippen molar-refractivity contribution in [3.8, 4) is 0 Å². The molecule has 3 rings (SSSR count). The van der Waals surface area contributed by atoms with E-state index in [-0.39, 0.29) is 11.7 Å². The molecule has 0 spiro atoms. The Balaban J connectivity index is 2.39. The predicted octanol–water partition coefficient (Wildman–Crippen LogP) is 1.91. The number of ether oxygens (including phenoxy) is 1. The monoisotopic (exact) mass is 201 g/mol. The van der Waals surface area contributed by atoms with Crippen LogP contribution in [0.3, 0.4) is 0 Å². The zero-order valence-corrected chi connectivity index (χ0v) is 8.41. The van der Waals surface area contributed by atoms with Gasteiger partial charge in [0.25, 0.3) is 0 Å². The maximum absolute atomic E-state index is 11.2. The van der Waals surface area contributed by atoms with E-state index in [1.165, 1.54) is 5.56 Å². The molecule has 3 heteroatoms. The molecule has 1 aromatic heterocycles. The largest absolute Gasteiger partial charge is 0.368 e. The van der Waals surface area contributed by atoms with Gasteiger partial charge in [0.15, 0.2) is 0 Å². The van der Waals surface area contributed by atoms with Crippen molar-refractivity contribution in [3.63, 3.8) is 0 Å². The fraction of sp³-hybridized carbons (Fsp3) is 0.250. The molecule has 1 aromatic carbocycles. The number of nitrogens with one attached hydrogen (secondary N) is 1. The molecule has 0 unspecified atom stereocenters. The van der Waals surface area contributed by atoms with Crippen LogP contribution in [0, 0.1) is 6.92 Å². The van der Waals surface area contributed by atoms with E-state index in [4.69, 9.17) is 4.74 Å². The van der Waals surface area contributed by atoms with Crippen LogP contribution in [0.4, 0.5) is 0 Å². The molecule has 2 aromatic rings. The van der Waals surface area contributed by atoms with Crippen LogP contribution >= 0.6 is 0 Å². The van der Waals surface area contributed by atoms with Gasteiger partial charge in [-0.3, -0.25) is 4.79 Å². The Hall–Kier alpha value is -1.61. The topological polar surface area (TPSA) is 45.4 Å². The van der Waals surface area contributed by atoms with Gasteiger partial charge < -0.3 is 9.72 Å². The second-order valence-electron chi connectivity index (χ2n) is 3.90. The molecule has 1 N–H and O–H groups in total. The highest BCUT2D eigenvalue weighted by molar-refractivity contribution is 5.85. The Kier molecular flexibility index (Phi) is 1.70. The SMILES string of the molecule is Cc1ccc([C@@H]2CO2)c2ccc(=O)[nH]c12. The molecular weight excluding hydrogens is 190 g/mol. The summed E-state index contributed by atoms with van der Waals surface area (Å²) in [5, 5.41) is 1.09. The van der Waals surface area contributed by atoms with E-state index >= 15 is 0 Å². The number of hydrogen-bond acceptors (Lipinski definition) is 2. The first-order valence-corrected chi connectivity index (χ1v) is 5.00. The van der Waals surface area contributed by atoms with E-state index in [1.54, 1.807) is 6.07 Å². The average molecular weight is 201 g/mol. The predicted molar refractivity (Wildman–Crippen MR) is 58.0 cm³/mol. The lowest BCUT2D eigenvalue weighted by Crippen LogP contribution is -2.04. The third-order valence-corrected chi connectivity index (χ3v) is 2.82. The summed E-state index contributed by atoms with van der Waals surface area (Å²) in [7, 11) is 0. The van der Waals surface area contributed by atoms with Crippen molar-refractivity contribution >= 4 is 10.9 Å². The lowest BCUT2D eigenvalue weighted by atomic mass is 10.0. The fourth-order valence-electron chi connectivity index (χ4n) is 1.92. The number of epoxide rings is 1. The van der Waals surface area contributed by atoms with E-state index < -0.39 is 0 Å². The molecule has 0 radical (unpaired) electrons. The molecule has 1 aliphatic heterocycles. The number of pyridine rings is 1. The van der Waals surface area contributed by atoms with Crippen LogP contribution in [0.1, 0.15) is 17.2 Å².